The van der Waals surface area contributed by atoms with Gasteiger partial charge in [0.05, 0.1) is 11.8 Å². The van der Waals surface area contributed by atoms with Crippen molar-refractivity contribution in [1.29, 1.82) is 0 Å². The van der Waals surface area contributed by atoms with Crippen LogP contribution >= 0.6 is 0 Å². The summed E-state index contributed by atoms with van der Waals surface area (Å²) >= 11 is 0. The second-order valence-electron chi connectivity index (χ2n) is 6.65. The molecule has 0 radical (unpaired) electrons. The molecule has 1 fully saturated rings. The first-order valence-electron chi connectivity index (χ1n) is 8.95. The summed E-state index contributed by atoms with van der Waals surface area (Å²) < 4.78 is 15.5. The number of hydrogen-bond acceptors (Lipinski definition) is 5. The molecular weight excluding hydrogens is 350 g/mol. The van der Waals surface area contributed by atoms with E-state index in [4.69, 9.17) is 13.9 Å². The summed E-state index contributed by atoms with van der Waals surface area (Å²) in [5, 5.41) is 5.70. The highest BCUT2D eigenvalue weighted by molar-refractivity contribution is 5.93. The maximum atomic E-state index is 12.3. The van der Waals surface area contributed by atoms with E-state index >= 15 is 0 Å². The average molecular weight is 371 g/mol. The summed E-state index contributed by atoms with van der Waals surface area (Å²) in [6.07, 6.45) is 4.68. The van der Waals surface area contributed by atoms with E-state index in [0.29, 0.717) is 48.3 Å². The van der Waals surface area contributed by atoms with Crippen LogP contribution < -0.4 is 20.1 Å². The van der Waals surface area contributed by atoms with Gasteiger partial charge in [0, 0.05) is 31.4 Å². The van der Waals surface area contributed by atoms with Gasteiger partial charge in [0.25, 0.3) is 5.91 Å². The van der Waals surface area contributed by atoms with Crippen LogP contribution in [0.15, 0.2) is 41.2 Å². The smallest absolute Gasteiger partial charge is 0.319 e. The van der Waals surface area contributed by atoms with E-state index < -0.39 is 0 Å². The number of carbonyl (C=O) groups excluding carboxylic acids is 2. The van der Waals surface area contributed by atoms with Crippen molar-refractivity contribution in [2.45, 2.75) is 12.8 Å². The number of piperidine rings is 1. The Labute approximate surface area is 156 Å². The van der Waals surface area contributed by atoms with E-state index in [-0.39, 0.29) is 18.7 Å². The highest BCUT2D eigenvalue weighted by Crippen LogP contribution is 2.34. The van der Waals surface area contributed by atoms with Crippen molar-refractivity contribution in [3.8, 4) is 11.5 Å². The second-order valence-corrected chi connectivity index (χ2v) is 6.65. The van der Waals surface area contributed by atoms with E-state index in [2.05, 4.69) is 10.6 Å². The number of fused-ring (bicyclic) bond motifs is 1. The predicted octanol–water partition coefficient (Wildman–Crippen LogP) is 2.68. The fraction of sp³-hybridized carbons (Fsp3) is 0.368. The zero-order chi connectivity index (χ0) is 18.6. The largest absolute Gasteiger partial charge is 0.472 e. The van der Waals surface area contributed by atoms with Crippen LogP contribution in [0, 0.1) is 5.92 Å². The number of hydrogen-bond donors (Lipinski definition) is 2. The van der Waals surface area contributed by atoms with Crippen LogP contribution in [0.5, 0.6) is 11.5 Å². The predicted molar refractivity (Wildman–Crippen MR) is 96.9 cm³/mol. The molecule has 0 atom stereocenters. The molecule has 0 aliphatic carbocycles. The second kappa shape index (κ2) is 7.61. The molecule has 1 aromatic heterocycles. The molecule has 27 heavy (non-hydrogen) atoms. The van der Waals surface area contributed by atoms with Gasteiger partial charge in [-0.15, -0.1) is 0 Å². The van der Waals surface area contributed by atoms with Crippen molar-refractivity contribution < 1.29 is 23.5 Å². The molecule has 0 bridgehead atoms. The lowest BCUT2D eigenvalue weighted by atomic mass is 9.96. The van der Waals surface area contributed by atoms with Gasteiger partial charge in [-0.25, -0.2) is 4.79 Å². The van der Waals surface area contributed by atoms with Crippen molar-refractivity contribution in [2.75, 3.05) is 31.7 Å². The molecule has 142 valence electrons. The Balaban J connectivity index is 1.21. The summed E-state index contributed by atoms with van der Waals surface area (Å²) in [5.41, 5.74) is 1.23. The Morgan fingerprint density at radius 2 is 1.93 bits per heavy atom. The van der Waals surface area contributed by atoms with Crippen molar-refractivity contribution in [3.05, 3.63) is 42.4 Å². The van der Waals surface area contributed by atoms with Crippen LogP contribution in [0.3, 0.4) is 0 Å². The number of rotatable bonds is 4. The third-order valence-electron chi connectivity index (χ3n) is 4.85. The maximum Gasteiger partial charge on any atom is 0.319 e. The summed E-state index contributed by atoms with van der Waals surface area (Å²) in [5.74, 6) is 1.65. The highest BCUT2D eigenvalue weighted by atomic mass is 16.7. The van der Waals surface area contributed by atoms with E-state index in [1.165, 1.54) is 12.5 Å². The number of likely N-dealkylation sites (tertiary alicyclic amines) is 1. The van der Waals surface area contributed by atoms with Gasteiger partial charge in [-0.2, -0.15) is 0 Å². The number of benzene rings is 1. The van der Waals surface area contributed by atoms with E-state index in [9.17, 15) is 9.59 Å². The fourth-order valence-electron chi connectivity index (χ4n) is 3.30. The Morgan fingerprint density at radius 1 is 1.11 bits per heavy atom. The monoisotopic (exact) mass is 371 g/mol. The van der Waals surface area contributed by atoms with Gasteiger partial charge < -0.3 is 29.4 Å². The number of nitrogens with one attached hydrogen (secondary N) is 2. The van der Waals surface area contributed by atoms with Crippen molar-refractivity contribution >= 4 is 17.6 Å². The summed E-state index contributed by atoms with van der Waals surface area (Å²) in [7, 11) is 0. The third-order valence-corrected chi connectivity index (χ3v) is 4.85. The Hall–Kier alpha value is -3.16. The standard InChI is InChI=1S/C19H21N3O5/c23-18(14-5-8-25-11-14)22-6-3-13(4-7-22)10-20-19(24)21-15-1-2-16-17(9-15)27-12-26-16/h1-2,5,8-9,11,13H,3-4,6-7,10,12H2,(H2,20,21,24). The van der Waals surface area contributed by atoms with Gasteiger partial charge in [0.2, 0.25) is 6.79 Å². The van der Waals surface area contributed by atoms with Crippen molar-refractivity contribution in [1.82, 2.24) is 10.2 Å². The molecule has 3 amide bonds. The number of furan rings is 1. The number of anilines is 1. The lowest BCUT2D eigenvalue weighted by Crippen LogP contribution is -2.42. The molecule has 2 aromatic rings. The first-order chi connectivity index (χ1) is 13.2. The minimum Gasteiger partial charge on any atom is -0.472 e. The van der Waals surface area contributed by atoms with Crippen LogP contribution in [-0.2, 0) is 0 Å². The van der Waals surface area contributed by atoms with Gasteiger partial charge in [0.1, 0.15) is 6.26 Å². The van der Waals surface area contributed by atoms with Crippen molar-refractivity contribution in [2.24, 2.45) is 5.92 Å². The Kier molecular flexibility index (Phi) is 4.86. The lowest BCUT2D eigenvalue weighted by Gasteiger charge is -2.31. The summed E-state index contributed by atoms with van der Waals surface area (Å²) in [6.45, 7) is 2.14. The van der Waals surface area contributed by atoms with Crippen LogP contribution in [0.1, 0.15) is 23.2 Å². The van der Waals surface area contributed by atoms with Gasteiger partial charge in [-0.1, -0.05) is 0 Å². The maximum absolute atomic E-state index is 12.3. The fourth-order valence-corrected chi connectivity index (χ4v) is 3.30. The van der Waals surface area contributed by atoms with E-state index in [1.54, 1.807) is 24.3 Å². The zero-order valence-corrected chi connectivity index (χ0v) is 14.8. The van der Waals surface area contributed by atoms with Crippen LogP contribution in [-0.4, -0.2) is 43.3 Å². The number of nitrogens with zero attached hydrogens (tertiary/aromatic N) is 1. The summed E-state index contributed by atoms with van der Waals surface area (Å²) in [6, 6.07) is 6.70. The van der Waals surface area contributed by atoms with Crippen LogP contribution in [0.2, 0.25) is 0 Å². The molecule has 2 N–H and O–H groups in total. The minimum absolute atomic E-state index is 0.00397. The Morgan fingerprint density at radius 3 is 2.70 bits per heavy atom. The average Bonchev–Trinajstić information content (AvgIpc) is 3.37. The normalized spacial score (nSPS) is 16.2. The molecule has 2 aliphatic rings. The molecule has 3 heterocycles. The van der Waals surface area contributed by atoms with E-state index in [1.807, 2.05) is 4.90 Å². The molecule has 1 aromatic carbocycles. The number of urea groups is 1. The zero-order valence-electron chi connectivity index (χ0n) is 14.8. The molecular formula is C19H21N3O5. The first-order valence-corrected chi connectivity index (χ1v) is 8.95. The molecule has 4 rings (SSSR count). The SMILES string of the molecule is O=C(NCC1CCN(C(=O)c2ccoc2)CC1)Nc1ccc2c(c1)OCO2. The molecule has 0 unspecified atom stereocenters. The van der Waals surface area contributed by atoms with Crippen LogP contribution in [0.25, 0.3) is 0 Å². The molecule has 8 nitrogen and oxygen atoms in total. The van der Waals surface area contributed by atoms with Gasteiger partial charge in [0.15, 0.2) is 11.5 Å². The first kappa shape index (κ1) is 17.3. The van der Waals surface area contributed by atoms with Crippen LogP contribution in [0.4, 0.5) is 10.5 Å². The topological polar surface area (TPSA) is 93.0 Å². The lowest BCUT2D eigenvalue weighted by molar-refractivity contribution is 0.0690. The highest BCUT2D eigenvalue weighted by Gasteiger charge is 2.24. The molecule has 0 saturated carbocycles. The molecule has 2 aliphatic heterocycles. The quantitative estimate of drug-likeness (QED) is 0.862. The van der Waals surface area contributed by atoms with Gasteiger partial charge in [-0.3, -0.25) is 4.79 Å². The molecule has 1 saturated heterocycles. The number of amides is 3. The van der Waals surface area contributed by atoms with Gasteiger partial charge in [-0.05, 0) is 37.0 Å². The Bertz CT molecular complexity index is 813. The van der Waals surface area contributed by atoms with Crippen molar-refractivity contribution in [3.63, 3.8) is 0 Å². The number of carbonyl (C=O) groups is 2. The summed E-state index contributed by atoms with van der Waals surface area (Å²) in [4.78, 5) is 26.2. The molecule has 8 heteroatoms. The van der Waals surface area contributed by atoms with E-state index in [0.717, 1.165) is 12.8 Å². The number of ether oxygens (including phenoxy) is 2. The molecule has 0 spiro atoms. The minimum atomic E-state index is -0.259. The van der Waals surface area contributed by atoms with Gasteiger partial charge >= 0.3 is 6.03 Å². The third kappa shape index (κ3) is 3.99.